The van der Waals surface area contributed by atoms with Gasteiger partial charge in [-0.3, -0.25) is 9.80 Å². The number of ether oxygens (including phenoxy) is 1. The Morgan fingerprint density at radius 1 is 0.667 bits per heavy atom. The molecule has 2 saturated heterocycles. The van der Waals surface area contributed by atoms with E-state index >= 15 is 0 Å². The third kappa shape index (κ3) is 6.75. The zero-order valence-electron chi connectivity index (χ0n) is 25.0. The molecule has 254 valence electrons. The highest BCUT2D eigenvalue weighted by Crippen LogP contribution is 2.35. The molecule has 2 aliphatic heterocycles. The first-order valence-corrected chi connectivity index (χ1v) is 17.0. The highest BCUT2D eigenvalue weighted by molar-refractivity contribution is 6.05. The number of carboxylic acids is 1. The third-order valence-electron chi connectivity index (χ3n) is 8.09. The maximum atomic E-state index is 12.2. The number of rotatable bonds is 3. The number of carbonyl (C=O) groups is 1. The molecule has 1 aromatic carbocycles. The number of nitrogens with zero attached hydrogens (tertiary/aromatic N) is 6. The lowest BCUT2D eigenvalue weighted by molar-refractivity contribution is -2.00. The summed E-state index contributed by atoms with van der Waals surface area (Å²) in [7, 11) is -9.89. The van der Waals surface area contributed by atoms with Gasteiger partial charge in [0.25, 0.3) is 0 Å². The van der Waals surface area contributed by atoms with Gasteiger partial charge in [0.2, 0.25) is 0 Å². The number of benzene rings is 1. The van der Waals surface area contributed by atoms with E-state index in [-0.39, 0.29) is 5.56 Å². The van der Waals surface area contributed by atoms with Crippen molar-refractivity contribution < 1.29 is 81.2 Å². The van der Waals surface area contributed by atoms with Gasteiger partial charge in [-0.2, -0.15) is 8.80 Å². The van der Waals surface area contributed by atoms with Crippen LogP contribution in [0, 0.1) is 20.5 Å². The molecule has 1 N–H and O–H groups in total. The van der Waals surface area contributed by atoms with Crippen LogP contribution in [0.2, 0.25) is 0 Å². The summed E-state index contributed by atoms with van der Waals surface area (Å²) in [6.45, 7) is 4.88. The Labute approximate surface area is 275 Å². The number of pyridine rings is 2. The van der Waals surface area contributed by atoms with Crippen molar-refractivity contribution in [1.82, 2.24) is 8.80 Å². The molecule has 19 heteroatoms. The second-order valence-electron chi connectivity index (χ2n) is 10.9. The van der Waals surface area contributed by atoms with E-state index in [1.165, 1.54) is 0 Å². The van der Waals surface area contributed by atoms with Crippen LogP contribution in [0.15, 0.2) is 67.0 Å². The molecular formula is C29H28Cl2N6O11. The first kappa shape index (κ1) is 33.8. The lowest BCUT2D eigenvalue weighted by Crippen LogP contribution is -2.68. The molecule has 0 radical (unpaired) electrons. The van der Waals surface area contributed by atoms with Crippen molar-refractivity contribution in [2.45, 2.75) is 12.8 Å². The number of carboxylic acid groups (broad SMARTS) is 1. The van der Waals surface area contributed by atoms with Crippen LogP contribution in [0.4, 0.5) is 11.9 Å². The molecule has 5 aromatic heterocycles. The van der Waals surface area contributed by atoms with E-state index in [0.717, 1.165) is 84.0 Å². The molecule has 0 spiro atoms. The summed E-state index contributed by atoms with van der Waals surface area (Å²) in [5.74, 6) is 1.21. The van der Waals surface area contributed by atoms with E-state index < -0.39 is 26.5 Å². The van der Waals surface area contributed by atoms with Crippen molar-refractivity contribution in [1.29, 1.82) is 0 Å². The summed E-state index contributed by atoms with van der Waals surface area (Å²) in [6, 6.07) is 18.2. The fraction of sp³-hybridized carbons (Fsp3) is 0.276. The number of fused-ring (bicyclic) bond motifs is 10. The Bertz CT molecular complexity index is 2110. The minimum atomic E-state index is -4.94. The van der Waals surface area contributed by atoms with E-state index in [4.69, 9.17) is 42.0 Å². The average molecular weight is 707 g/mol. The van der Waals surface area contributed by atoms with E-state index in [1.54, 1.807) is 6.07 Å². The summed E-state index contributed by atoms with van der Waals surface area (Å²) in [4.78, 5) is 17.0. The highest BCUT2D eigenvalue weighted by Gasteiger charge is 2.37. The molecule has 0 amide bonds. The smallest absolute Gasteiger partial charge is 0.370 e. The fourth-order valence-electron chi connectivity index (χ4n) is 6.47. The van der Waals surface area contributed by atoms with Crippen molar-refractivity contribution in [3.8, 4) is 0 Å². The van der Waals surface area contributed by atoms with Gasteiger partial charge >= 0.3 is 17.9 Å². The van der Waals surface area contributed by atoms with E-state index in [0.29, 0.717) is 13.2 Å². The molecule has 0 atom stereocenters. The summed E-state index contributed by atoms with van der Waals surface area (Å²) in [5, 5.41) is 9.97. The largest absolute Gasteiger partial charge is 0.478 e. The average Bonchev–Trinajstić information content (AvgIpc) is 3.75. The van der Waals surface area contributed by atoms with Gasteiger partial charge in [-0.05, 0) is 55.3 Å². The molecule has 2 aliphatic rings. The summed E-state index contributed by atoms with van der Waals surface area (Å²) in [6.07, 6.45) is 6.54. The second-order valence-corrected chi connectivity index (χ2v) is 12.4. The number of hydrogen-bond donors (Lipinski definition) is 1. The van der Waals surface area contributed by atoms with Gasteiger partial charge in [-0.1, -0.05) is 12.1 Å². The number of morpholine rings is 1. The number of hydrogen-bond acceptors (Lipinski definition) is 12. The standard InChI is InChI=1S/C29H27N6O3.2ClHO4/c36-27(37)20-9-10-21-24(19-20)35-26(23-8-2-3-13-32(23)28(35)30-11-5-6-12-30)25-22-7-1-4-14-33(22)29(34(21)25)31-15-17-38-18-16-31;2*2-1(3,4)5/h1-4,7-10,13-14,19H,5-6,11-12,15-18H2;2*(H,2,3,4,5)/q+1;;/p-1. The monoisotopic (exact) mass is 706 g/mol. The number of halogens is 2. The van der Waals surface area contributed by atoms with Crippen LogP contribution in [-0.4, -0.2) is 59.3 Å². The molecule has 0 aliphatic carbocycles. The number of aromatic nitrogens is 4. The zero-order chi connectivity index (χ0) is 34.4. The number of anilines is 2. The molecule has 2 fully saturated rings. The molecule has 0 saturated carbocycles. The Kier molecular flexibility index (Phi) is 9.20. The van der Waals surface area contributed by atoms with Crippen LogP contribution in [0.3, 0.4) is 0 Å². The maximum Gasteiger partial charge on any atom is 0.370 e. The molecule has 6 aromatic rings. The Balaban J connectivity index is 0.000000355. The molecular weight excluding hydrogens is 679 g/mol. The Hall–Kier alpha value is -4.11. The third-order valence-corrected chi connectivity index (χ3v) is 8.09. The van der Waals surface area contributed by atoms with Crippen LogP contribution in [0.1, 0.15) is 23.2 Å². The van der Waals surface area contributed by atoms with Gasteiger partial charge in [0.1, 0.15) is 11.0 Å². The van der Waals surface area contributed by atoms with E-state index in [9.17, 15) is 9.90 Å². The van der Waals surface area contributed by atoms with Gasteiger partial charge < -0.3 is 9.84 Å². The van der Waals surface area contributed by atoms with Crippen LogP contribution in [-0.2, 0) is 4.74 Å². The maximum absolute atomic E-state index is 12.2. The first-order chi connectivity index (χ1) is 22.7. The SMILES string of the molecule is O=C(O)c1ccc2c(c1)n1c(N3CCCC3)[n+]3ccccc3c1c1c3cccc[n+]3c(N3CCOCC3)n21.[O-][Cl+3]([O-])([O-])[O-].[O-][Cl+3]([O-])([O-])[O-]. The predicted octanol–water partition coefficient (Wildman–Crippen LogP) is -6.55. The molecule has 0 bridgehead atoms. The van der Waals surface area contributed by atoms with Crippen LogP contribution >= 0.6 is 0 Å². The second kappa shape index (κ2) is 13.1. The lowest BCUT2D eigenvalue weighted by atomic mass is 10.1. The quantitative estimate of drug-likeness (QED) is 0.168. The van der Waals surface area contributed by atoms with Crippen molar-refractivity contribution in [2.75, 3.05) is 49.2 Å². The van der Waals surface area contributed by atoms with Gasteiger partial charge in [0.05, 0.1) is 57.3 Å². The molecule has 0 unspecified atom stereocenters. The van der Waals surface area contributed by atoms with Crippen LogP contribution in [0.5, 0.6) is 0 Å². The van der Waals surface area contributed by atoms with E-state index in [1.807, 2.05) is 12.1 Å². The molecule has 48 heavy (non-hydrogen) atoms. The number of imidazole rings is 2. The first-order valence-electron chi connectivity index (χ1n) is 14.5. The molecule has 17 nitrogen and oxygen atoms in total. The van der Waals surface area contributed by atoms with Crippen molar-refractivity contribution in [3.63, 3.8) is 0 Å². The zero-order valence-corrected chi connectivity index (χ0v) is 26.5. The predicted molar refractivity (Wildman–Crippen MR) is 144 cm³/mol. The normalized spacial score (nSPS) is 15.7. The van der Waals surface area contributed by atoms with Gasteiger partial charge in [-0.25, -0.2) is 50.9 Å². The fourth-order valence-corrected chi connectivity index (χ4v) is 6.47. The number of aromatic carboxylic acids is 1. The Morgan fingerprint density at radius 3 is 1.60 bits per heavy atom. The summed E-state index contributed by atoms with van der Waals surface area (Å²) < 4.78 is 82.8. The van der Waals surface area contributed by atoms with Crippen LogP contribution < -0.4 is 55.9 Å². The van der Waals surface area contributed by atoms with Crippen molar-refractivity contribution in [2.24, 2.45) is 0 Å². The molecule has 7 heterocycles. The van der Waals surface area contributed by atoms with Gasteiger partial charge in [0, 0.05) is 0 Å². The topological polar surface area (TPSA) is 255 Å². The van der Waals surface area contributed by atoms with Gasteiger partial charge in [-0.15, -0.1) is 20.5 Å². The molecule has 8 rings (SSSR count). The van der Waals surface area contributed by atoms with Crippen molar-refractivity contribution >= 4 is 51.0 Å². The van der Waals surface area contributed by atoms with Gasteiger partial charge in [0.15, 0.2) is 22.1 Å². The lowest BCUT2D eigenvalue weighted by Gasteiger charge is -2.22. The van der Waals surface area contributed by atoms with Crippen molar-refractivity contribution in [3.05, 3.63) is 72.6 Å². The highest BCUT2D eigenvalue weighted by atomic mass is 35.7. The minimum Gasteiger partial charge on any atom is -0.478 e. The summed E-state index contributed by atoms with van der Waals surface area (Å²) in [5.41, 5.74) is 6.53. The summed E-state index contributed by atoms with van der Waals surface area (Å²) >= 11 is 0. The van der Waals surface area contributed by atoms with E-state index in [2.05, 4.69) is 76.2 Å². The minimum absolute atomic E-state index is 0.283. The Morgan fingerprint density at radius 2 is 1.12 bits per heavy atom. The van der Waals surface area contributed by atoms with Crippen LogP contribution in [0.25, 0.3) is 33.1 Å².